The van der Waals surface area contributed by atoms with Crippen molar-refractivity contribution >= 4 is 0 Å². The van der Waals surface area contributed by atoms with E-state index < -0.39 is 5.41 Å². The third-order valence-corrected chi connectivity index (χ3v) is 4.53. The smallest absolute Gasteiger partial charge is 0.399 e. The van der Waals surface area contributed by atoms with Crippen LogP contribution in [0, 0.1) is 22.1 Å². The fourth-order valence-corrected chi connectivity index (χ4v) is 3.10. The van der Waals surface area contributed by atoms with Gasteiger partial charge in [0.15, 0.2) is 10.7 Å². The van der Waals surface area contributed by atoms with E-state index >= 15 is 0 Å². The normalized spacial score (nSPS) is 40.9. The molecule has 2 aliphatic rings. The van der Waals surface area contributed by atoms with Gasteiger partial charge < -0.3 is 5.11 Å². The first-order valence-electron chi connectivity index (χ1n) is 5.57. The quantitative estimate of drug-likeness (QED) is 0.565. The lowest BCUT2D eigenvalue weighted by Gasteiger charge is -2.45. The van der Waals surface area contributed by atoms with E-state index in [-0.39, 0.29) is 11.2 Å². The molecule has 0 radical (unpaired) electrons. The Balaban J connectivity index is 2.56. The Morgan fingerprint density at radius 2 is 2.38 bits per heavy atom. The van der Waals surface area contributed by atoms with E-state index in [1.54, 1.807) is 0 Å². The average Bonchev–Trinajstić information content (AvgIpc) is 2.42. The largest absolute Gasteiger partial charge is 0.505 e. The lowest BCUT2D eigenvalue weighted by atomic mass is 9.57. The second-order valence-electron chi connectivity index (χ2n) is 5.18. The Hall–Kier alpha value is -1.56. The number of hydrogen-bond donors (Lipinski definition) is 1. The van der Waals surface area contributed by atoms with Crippen LogP contribution in [0.1, 0.15) is 26.7 Å². The van der Waals surface area contributed by atoms with Crippen LogP contribution in [-0.4, -0.2) is 5.11 Å². The van der Waals surface area contributed by atoms with Crippen molar-refractivity contribution < 1.29 is 5.11 Å². The zero-order valence-electron chi connectivity index (χ0n) is 9.77. The Morgan fingerprint density at radius 3 is 2.94 bits per heavy atom. The Morgan fingerprint density at radius 1 is 1.69 bits per heavy atom. The van der Waals surface area contributed by atoms with E-state index in [9.17, 15) is 5.11 Å². The van der Waals surface area contributed by atoms with Crippen LogP contribution < -0.4 is 0 Å². The highest BCUT2D eigenvalue weighted by Gasteiger charge is 2.59. The molecule has 84 valence electrons. The van der Waals surface area contributed by atoms with Crippen molar-refractivity contribution in [3.05, 3.63) is 41.2 Å². The zero-order chi connectivity index (χ0) is 12.0. The van der Waals surface area contributed by atoms with E-state index in [1.807, 2.05) is 19.1 Å². The van der Waals surface area contributed by atoms with Crippen LogP contribution in [0.2, 0.25) is 0 Å². The van der Waals surface area contributed by atoms with Crippen molar-refractivity contribution in [3.63, 3.8) is 0 Å². The summed E-state index contributed by atoms with van der Waals surface area (Å²) in [5, 5.41) is 19.1. The molecule has 3 atom stereocenters. The van der Waals surface area contributed by atoms with E-state index in [4.69, 9.17) is 5.39 Å². The summed E-state index contributed by atoms with van der Waals surface area (Å²) in [4.78, 5) is 3.20. The third-order valence-electron chi connectivity index (χ3n) is 4.53. The van der Waals surface area contributed by atoms with Gasteiger partial charge in [-0.05, 0) is 24.7 Å². The van der Waals surface area contributed by atoms with Crippen LogP contribution in [0.4, 0.5) is 0 Å². The lowest BCUT2D eigenvalue weighted by molar-refractivity contribution is 0.0639. The molecule has 0 spiro atoms. The van der Waals surface area contributed by atoms with Crippen LogP contribution in [-0.2, 0) is 0 Å². The number of aliphatic hydroxyl groups is 1. The molecule has 3 heteroatoms. The van der Waals surface area contributed by atoms with Crippen molar-refractivity contribution in [1.29, 1.82) is 5.39 Å². The van der Waals surface area contributed by atoms with Crippen LogP contribution >= 0.6 is 0 Å². The molecule has 0 aromatic heterocycles. The minimum atomic E-state index is -0.439. The van der Waals surface area contributed by atoms with Crippen molar-refractivity contribution in [2.24, 2.45) is 16.7 Å². The summed E-state index contributed by atoms with van der Waals surface area (Å²) in [6.45, 7) is 7.94. The fourth-order valence-electron chi connectivity index (χ4n) is 3.10. The molecule has 0 aliphatic heterocycles. The summed E-state index contributed by atoms with van der Waals surface area (Å²) in [5.41, 5.74) is -0.0855. The molecule has 0 unspecified atom stereocenters. The molecular weight excluding hydrogens is 200 g/mol. The molecule has 2 rings (SSSR count). The maximum absolute atomic E-state index is 10.2. The first-order valence-corrected chi connectivity index (χ1v) is 5.57. The first-order chi connectivity index (χ1) is 7.49. The number of nitrogens with zero attached hydrogens (tertiary/aromatic N) is 2. The number of allylic oxidation sites excluding steroid dienone is 4. The van der Waals surface area contributed by atoms with Gasteiger partial charge in [-0.25, -0.2) is 0 Å². The summed E-state index contributed by atoms with van der Waals surface area (Å²) in [6.07, 6.45) is 7.49. The number of fused-ring (bicyclic) bond motifs is 2. The summed E-state index contributed by atoms with van der Waals surface area (Å²) in [7, 11) is 0. The molecule has 1 N–H and O–H groups in total. The van der Waals surface area contributed by atoms with E-state index in [0.717, 1.165) is 6.42 Å². The zero-order valence-corrected chi connectivity index (χ0v) is 9.77. The SMILES string of the molecule is C=CC[C@@]1(C)[C@@H]2C=C[C@@]1(C)C(O)=C([N+]#N)C2. The van der Waals surface area contributed by atoms with Crippen molar-refractivity contribution in [2.45, 2.75) is 26.7 Å². The molecule has 2 bridgehead atoms. The van der Waals surface area contributed by atoms with Gasteiger partial charge in [-0.2, -0.15) is 0 Å². The van der Waals surface area contributed by atoms with E-state index in [2.05, 4.69) is 24.6 Å². The van der Waals surface area contributed by atoms with Gasteiger partial charge in [0.1, 0.15) is 0 Å². The molecular formula is C13H17N2O+. The summed E-state index contributed by atoms with van der Waals surface area (Å²) >= 11 is 0. The minimum Gasteiger partial charge on any atom is -0.505 e. The molecule has 0 saturated carbocycles. The van der Waals surface area contributed by atoms with Gasteiger partial charge in [0.25, 0.3) is 0 Å². The van der Waals surface area contributed by atoms with Gasteiger partial charge in [-0.1, -0.05) is 25.2 Å². The molecule has 0 aromatic rings. The highest BCUT2D eigenvalue weighted by Crippen LogP contribution is 2.62. The molecule has 0 fully saturated rings. The highest BCUT2D eigenvalue weighted by molar-refractivity contribution is 5.39. The lowest BCUT2D eigenvalue weighted by Crippen LogP contribution is -2.42. The first kappa shape index (κ1) is 10.9. The second-order valence-corrected chi connectivity index (χ2v) is 5.18. The van der Waals surface area contributed by atoms with Gasteiger partial charge in [0, 0.05) is 0 Å². The Kier molecular flexibility index (Phi) is 2.20. The molecule has 0 amide bonds. The van der Waals surface area contributed by atoms with E-state index in [0.29, 0.717) is 18.0 Å². The Labute approximate surface area is 95.8 Å². The summed E-state index contributed by atoms with van der Waals surface area (Å²) in [5.74, 6) is 0.502. The van der Waals surface area contributed by atoms with Gasteiger partial charge in [-0.3, -0.25) is 0 Å². The van der Waals surface area contributed by atoms with Crippen molar-refractivity contribution in [3.8, 4) is 0 Å². The maximum atomic E-state index is 10.2. The fraction of sp³-hybridized carbons (Fsp3) is 0.538. The standard InChI is InChI=1S/C13H16N2O/c1-4-6-12(2)9-5-7-13(12,3)11(16)10(8-9)15-14/h4-5,7,9H,1,6,8H2,2-3H3/p+1/t9-,12+,13+/m1/s1. The predicted octanol–water partition coefficient (Wildman–Crippen LogP) is 3.79. The summed E-state index contributed by atoms with van der Waals surface area (Å²) in [6, 6.07) is 0. The third kappa shape index (κ3) is 1.05. The highest BCUT2D eigenvalue weighted by atomic mass is 16.3. The van der Waals surface area contributed by atoms with E-state index in [1.165, 1.54) is 0 Å². The topological polar surface area (TPSA) is 48.4 Å². The van der Waals surface area contributed by atoms with Gasteiger partial charge in [-0.15, -0.1) is 6.58 Å². The van der Waals surface area contributed by atoms with Crippen LogP contribution in [0.5, 0.6) is 0 Å². The van der Waals surface area contributed by atoms with Gasteiger partial charge >= 0.3 is 5.70 Å². The molecule has 3 nitrogen and oxygen atoms in total. The summed E-state index contributed by atoms with van der Waals surface area (Å²) < 4.78 is 0. The minimum absolute atomic E-state index is 0.0625. The monoisotopic (exact) mass is 217 g/mol. The van der Waals surface area contributed by atoms with Gasteiger partial charge in [0.05, 0.1) is 11.8 Å². The number of hydrogen-bond acceptors (Lipinski definition) is 2. The molecule has 0 heterocycles. The number of rotatable bonds is 2. The number of diazo groups is 1. The van der Waals surface area contributed by atoms with Crippen LogP contribution in [0.15, 0.2) is 36.3 Å². The number of aliphatic hydroxyl groups excluding tert-OH is 1. The molecule has 2 aliphatic carbocycles. The van der Waals surface area contributed by atoms with Crippen LogP contribution in [0.3, 0.4) is 0 Å². The van der Waals surface area contributed by atoms with Crippen LogP contribution in [0.25, 0.3) is 4.98 Å². The predicted molar refractivity (Wildman–Crippen MR) is 63.0 cm³/mol. The molecule has 0 aromatic carbocycles. The Bertz CT molecular complexity index is 443. The second kappa shape index (κ2) is 3.21. The molecule has 16 heavy (non-hydrogen) atoms. The van der Waals surface area contributed by atoms with Crippen molar-refractivity contribution in [1.82, 2.24) is 0 Å². The van der Waals surface area contributed by atoms with Crippen molar-refractivity contribution in [2.75, 3.05) is 0 Å². The molecule has 0 saturated heterocycles. The average molecular weight is 217 g/mol. The van der Waals surface area contributed by atoms with Gasteiger partial charge in [0.2, 0.25) is 5.39 Å². The maximum Gasteiger partial charge on any atom is 0.399 e.